The van der Waals surface area contributed by atoms with E-state index < -0.39 is 0 Å². The normalized spacial score (nSPS) is 39.5. The molecule has 0 amide bonds. The summed E-state index contributed by atoms with van der Waals surface area (Å²) in [6.07, 6.45) is 0.862. The first-order valence-electron chi connectivity index (χ1n) is 4.06. The molecule has 10 heavy (non-hydrogen) atoms. The first-order valence-corrected chi connectivity index (χ1v) is 4.06. The molecule has 1 heterocycles. The minimum atomic E-state index is 0.431. The maximum atomic E-state index is 10.9. The van der Waals surface area contributed by atoms with Crippen LogP contribution in [0.1, 0.15) is 13.3 Å². The highest BCUT2D eigenvalue weighted by Gasteiger charge is 2.45. The molecular formula is C8H13NO. The number of carbonyl (C=O) groups is 1. The van der Waals surface area contributed by atoms with Gasteiger partial charge in [-0.1, -0.05) is 6.92 Å². The van der Waals surface area contributed by atoms with Crippen molar-refractivity contribution in [1.82, 2.24) is 4.90 Å². The van der Waals surface area contributed by atoms with Crippen molar-refractivity contribution in [2.24, 2.45) is 11.8 Å². The predicted octanol–water partition coefficient (Wildman–Crippen LogP) is 0.527. The van der Waals surface area contributed by atoms with Crippen molar-refractivity contribution >= 4 is 5.78 Å². The number of rotatable bonds is 1. The van der Waals surface area contributed by atoms with Crippen LogP contribution in [0.15, 0.2) is 0 Å². The lowest BCUT2D eigenvalue weighted by molar-refractivity contribution is -0.131. The van der Waals surface area contributed by atoms with Gasteiger partial charge in [-0.05, 0) is 12.5 Å². The largest absolute Gasteiger partial charge is 0.303 e. The number of nitrogens with zero attached hydrogens (tertiary/aromatic N) is 1. The highest BCUT2D eigenvalue weighted by atomic mass is 16.1. The quantitative estimate of drug-likeness (QED) is 0.528. The number of carbonyl (C=O) groups excluding carboxylic acids is 1. The van der Waals surface area contributed by atoms with E-state index in [4.69, 9.17) is 0 Å². The zero-order chi connectivity index (χ0) is 7.14. The highest BCUT2D eigenvalue weighted by molar-refractivity contribution is 5.88. The molecule has 0 aromatic carbocycles. The third-order valence-electron chi connectivity index (χ3n) is 2.84. The monoisotopic (exact) mass is 139 g/mol. The zero-order valence-electron chi connectivity index (χ0n) is 6.34. The third kappa shape index (κ3) is 0.717. The Morgan fingerprint density at radius 1 is 1.60 bits per heavy atom. The van der Waals surface area contributed by atoms with Crippen LogP contribution < -0.4 is 0 Å². The van der Waals surface area contributed by atoms with E-state index in [0.717, 1.165) is 25.4 Å². The molecule has 0 spiro atoms. The molecule has 1 aliphatic carbocycles. The molecule has 0 radical (unpaired) electrons. The maximum Gasteiger partial charge on any atom is 0.137 e. The van der Waals surface area contributed by atoms with E-state index in [2.05, 4.69) is 11.8 Å². The molecule has 0 aromatic heterocycles. The SMILES string of the molecule is CCN1CC2CC(=O)C2C1. The molecule has 56 valence electrons. The standard InChI is InChI=1S/C8H13NO/c1-2-9-4-6-3-8(10)7(6)5-9/h6-7H,2-5H2,1H3. The Balaban J connectivity index is 1.99. The van der Waals surface area contributed by atoms with Crippen LogP contribution in [0.3, 0.4) is 0 Å². The van der Waals surface area contributed by atoms with Gasteiger partial charge in [0.1, 0.15) is 5.78 Å². The average Bonchev–Trinajstić information content (AvgIpc) is 2.26. The molecule has 0 N–H and O–H groups in total. The lowest BCUT2D eigenvalue weighted by Gasteiger charge is -2.26. The minimum absolute atomic E-state index is 0.431. The van der Waals surface area contributed by atoms with E-state index in [1.807, 2.05) is 0 Å². The smallest absolute Gasteiger partial charge is 0.137 e. The van der Waals surface area contributed by atoms with Crippen LogP contribution in [0.4, 0.5) is 0 Å². The van der Waals surface area contributed by atoms with E-state index >= 15 is 0 Å². The Hall–Kier alpha value is -0.370. The Morgan fingerprint density at radius 3 is 2.90 bits per heavy atom. The first-order chi connectivity index (χ1) is 4.81. The fourth-order valence-corrected chi connectivity index (χ4v) is 2.04. The second kappa shape index (κ2) is 2.06. The van der Waals surface area contributed by atoms with Crippen LogP contribution >= 0.6 is 0 Å². The van der Waals surface area contributed by atoms with Crippen LogP contribution in [-0.2, 0) is 4.79 Å². The highest BCUT2D eigenvalue weighted by Crippen LogP contribution is 2.36. The Morgan fingerprint density at radius 2 is 2.40 bits per heavy atom. The number of ketones is 1. The summed E-state index contributed by atoms with van der Waals surface area (Å²) in [6, 6.07) is 0. The molecule has 2 fully saturated rings. The van der Waals surface area contributed by atoms with Crippen molar-refractivity contribution in [2.45, 2.75) is 13.3 Å². The summed E-state index contributed by atoms with van der Waals surface area (Å²) in [5.74, 6) is 1.66. The fraction of sp³-hybridized carbons (Fsp3) is 0.875. The Bertz CT molecular complexity index is 167. The summed E-state index contributed by atoms with van der Waals surface area (Å²) >= 11 is 0. The molecule has 2 atom stereocenters. The van der Waals surface area contributed by atoms with Gasteiger partial charge in [-0.15, -0.1) is 0 Å². The van der Waals surface area contributed by atoms with Crippen LogP contribution in [-0.4, -0.2) is 30.3 Å². The van der Waals surface area contributed by atoms with Gasteiger partial charge in [-0.2, -0.15) is 0 Å². The van der Waals surface area contributed by atoms with Crippen LogP contribution in [0, 0.1) is 11.8 Å². The molecule has 2 aliphatic rings. The summed E-state index contributed by atoms with van der Waals surface area (Å²) in [6.45, 7) is 5.49. The number of hydrogen-bond acceptors (Lipinski definition) is 2. The van der Waals surface area contributed by atoms with Crippen LogP contribution in [0.25, 0.3) is 0 Å². The number of Topliss-reactive ketones (excluding diaryl/α,β-unsaturated/α-hetero) is 1. The predicted molar refractivity (Wildman–Crippen MR) is 38.7 cm³/mol. The lowest BCUT2D eigenvalue weighted by Crippen LogP contribution is -2.35. The maximum absolute atomic E-state index is 10.9. The summed E-state index contributed by atoms with van der Waals surface area (Å²) < 4.78 is 0. The molecule has 1 saturated heterocycles. The number of fused-ring (bicyclic) bond motifs is 1. The van der Waals surface area contributed by atoms with Crippen molar-refractivity contribution in [1.29, 1.82) is 0 Å². The second-order valence-corrected chi connectivity index (χ2v) is 3.39. The van der Waals surface area contributed by atoms with Gasteiger partial charge in [0, 0.05) is 25.4 Å². The molecule has 1 saturated carbocycles. The van der Waals surface area contributed by atoms with Gasteiger partial charge in [0.15, 0.2) is 0 Å². The third-order valence-corrected chi connectivity index (χ3v) is 2.84. The zero-order valence-corrected chi connectivity index (χ0v) is 6.34. The van der Waals surface area contributed by atoms with Gasteiger partial charge in [-0.3, -0.25) is 4.79 Å². The summed E-state index contributed by atoms with van der Waals surface area (Å²) in [5, 5.41) is 0. The Labute approximate surface area is 61.2 Å². The molecule has 2 heteroatoms. The molecule has 2 rings (SSSR count). The van der Waals surface area contributed by atoms with Crippen molar-refractivity contribution < 1.29 is 4.79 Å². The van der Waals surface area contributed by atoms with Crippen molar-refractivity contribution in [3.8, 4) is 0 Å². The van der Waals surface area contributed by atoms with Gasteiger partial charge in [0.05, 0.1) is 0 Å². The molecule has 0 aromatic rings. The van der Waals surface area contributed by atoms with Gasteiger partial charge in [0.2, 0.25) is 0 Å². The summed E-state index contributed by atoms with van der Waals surface area (Å²) in [5.41, 5.74) is 0. The molecular weight excluding hydrogens is 126 g/mol. The van der Waals surface area contributed by atoms with E-state index in [1.54, 1.807) is 0 Å². The summed E-state index contributed by atoms with van der Waals surface area (Å²) in [4.78, 5) is 13.3. The van der Waals surface area contributed by atoms with Crippen molar-refractivity contribution in [2.75, 3.05) is 19.6 Å². The van der Waals surface area contributed by atoms with Gasteiger partial charge in [-0.25, -0.2) is 0 Å². The second-order valence-electron chi connectivity index (χ2n) is 3.39. The van der Waals surface area contributed by atoms with Crippen molar-refractivity contribution in [3.05, 3.63) is 0 Å². The number of likely N-dealkylation sites (tertiary alicyclic amines) is 1. The van der Waals surface area contributed by atoms with Crippen LogP contribution in [0.5, 0.6) is 0 Å². The topological polar surface area (TPSA) is 20.3 Å². The van der Waals surface area contributed by atoms with Gasteiger partial charge >= 0.3 is 0 Å². The van der Waals surface area contributed by atoms with Crippen molar-refractivity contribution in [3.63, 3.8) is 0 Å². The van der Waals surface area contributed by atoms with Crippen LogP contribution in [0.2, 0.25) is 0 Å². The molecule has 0 bridgehead atoms. The van der Waals surface area contributed by atoms with E-state index in [9.17, 15) is 4.79 Å². The fourth-order valence-electron chi connectivity index (χ4n) is 2.04. The average molecular weight is 139 g/mol. The van der Waals surface area contributed by atoms with E-state index in [1.165, 1.54) is 6.54 Å². The molecule has 1 aliphatic heterocycles. The number of hydrogen-bond donors (Lipinski definition) is 0. The lowest BCUT2D eigenvalue weighted by atomic mass is 9.75. The Kier molecular flexibility index (Phi) is 1.31. The summed E-state index contributed by atoms with van der Waals surface area (Å²) in [7, 11) is 0. The van der Waals surface area contributed by atoms with Gasteiger partial charge in [0.25, 0.3) is 0 Å². The minimum Gasteiger partial charge on any atom is -0.303 e. The van der Waals surface area contributed by atoms with E-state index in [-0.39, 0.29) is 0 Å². The molecule has 2 unspecified atom stereocenters. The van der Waals surface area contributed by atoms with Gasteiger partial charge < -0.3 is 4.90 Å². The first kappa shape index (κ1) is 6.35. The molecule has 2 nitrogen and oxygen atoms in total. The van der Waals surface area contributed by atoms with E-state index in [0.29, 0.717) is 11.7 Å².